The van der Waals surface area contributed by atoms with E-state index in [9.17, 15) is 4.79 Å². The number of methoxy groups -OCH3 is 6. The van der Waals surface area contributed by atoms with E-state index in [0.717, 1.165) is 0 Å². The fourth-order valence-electron chi connectivity index (χ4n) is 2.69. The van der Waals surface area contributed by atoms with Crippen LogP contribution in [0.2, 0.25) is 0 Å². The highest BCUT2D eigenvalue weighted by molar-refractivity contribution is 6.07. The van der Waals surface area contributed by atoms with Crippen LogP contribution >= 0.6 is 0 Å². The average molecular weight is 392 g/mol. The predicted octanol–water partition coefficient (Wildman–Crippen LogP) is 2.57. The second-order valence-electron chi connectivity index (χ2n) is 5.47. The summed E-state index contributed by atoms with van der Waals surface area (Å²) in [5, 5.41) is 2.74. The second kappa shape index (κ2) is 8.94. The molecule has 28 heavy (non-hydrogen) atoms. The second-order valence-corrected chi connectivity index (χ2v) is 5.47. The van der Waals surface area contributed by atoms with Gasteiger partial charge in [-0.25, -0.2) is 0 Å². The minimum atomic E-state index is -0.444. The van der Waals surface area contributed by atoms with Gasteiger partial charge in [0, 0.05) is 11.6 Å². The van der Waals surface area contributed by atoms with E-state index in [1.54, 1.807) is 6.07 Å². The predicted molar refractivity (Wildman–Crippen MR) is 105 cm³/mol. The van der Waals surface area contributed by atoms with E-state index >= 15 is 0 Å². The van der Waals surface area contributed by atoms with Crippen LogP contribution in [-0.4, -0.2) is 48.6 Å². The standard InChI is InChI=1S/C19H24N2O7/c1-23-12-7-10(8-13(24-2)16(12)26-4)19(22)21-11-9-14(25-3)17(27-5)18(28-6)15(11)20/h7-9H,20H2,1-6H3,(H,21,22). The molecule has 1 amide bonds. The zero-order valence-corrected chi connectivity index (χ0v) is 16.7. The van der Waals surface area contributed by atoms with E-state index in [1.165, 1.54) is 54.8 Å². The van der Waals surface area contributed by atoms with Gasteiger partial charge in [0.15, 0.2) is 23.0 Å². The van der Waals surface area contributed by atoms with Gasteiger partial charge in [0.25, 0.3) is 5.91 Å². The van der Waals surface area contributed by atoms with Crippen molar-refractivity contribution in [2.75, 3.05) is 53.7 Å². The number of anilines is 2. The Morgan fingerprint density at radius 2 is 1.18 bits per heavy atom. The number of ether oxygens (including phenoxy) is 6. The summed E-state index contributed by atoms with van der Waals surface area (Å²) in [7, 11) is 8.80. The Balaban J connectivity index is 2.48. The first-order valence-corrected chi connectivity index (χ1v) is 8.15. The van der Waals surface area contributed by atoms with Gasteiger partial charge < -0.3 is 39.5 Å². The maximum atomic E-state index is 12.8. The van der Waals surface area contributed by atoms with E-state index in [1.807, 2.05) is 0 Å². The first-order chi connectivity index (χ1) is 13.4. The Hall–Kier alpha value is -3.49. The fraction of sp³-hybridized carbons (Fsp3) is 0.316. The van der Waals surface area contributed by atoms with Crippen LogP contribution in [0.1, 0.15) is 10.4 Å². The van der Waals surface area contributed by atoms with Crippen LogP contribution in [0.5, 0.6) is 34.5 Å². The molecule has 0 aliphatic heterocycles. The molecule has 0 atom stereocenters. The molecule has 0 bridgehead atoms. The van der Waals surface area contributed by atoms with Crippen LogP contribution < -0.4 is 39.5 Å². The van der Waals surface area contributed by atoms with Crippen molar-refractivity contribution in [1.82, 2.24) is 0 Å². The van der Waals surface area contributed by atoms with Gasteiger partial charge >= 0.3 is 0 Å². The molecule has 3 N–H and O–H groups in total. The third-order valence-corrected chi connectivity index (χ3v) is 4.04. The summed E-state index contributed by atoms with van der Waals surface area (Å²) in [5.74, 6) is 1.58. The zero-order valence-electron chi connectivity index (χ0n) is 16.7. The monoisotopic (exact) mass is 392 g/mol. The first-order valence-electron chi connectivity index (χ1n) is 8.15. The van der Waals surface area contributed by atoms with Crippen LogP contribution in [0.15, 0.2) is 18.2 Å². The summed E-state index contributed by atoms with van der Waals surface area (Å²) in [5.41, 5.74) is 6.91. The molecule has 0 aromatic heterocycles. The van der Waals surface area contributed by atoms with Crippen LogP contribution in [0.4, 0.5) is 11.4 Å². The van der Waals surface area contributed by atoms with E-state index in [0.29, 0.717) is 34.4 Å². The van der Waals surface area contributed by atoms with Gasteiger partial charge in [-0.05, 0) is 12.1 Å². The molecule has 0 radical (unpaired) electrons. The lowest BCUT2D eigenvalue weighted by molar-refractivity contribution is 0.102. The number of rotatable bonds is 8. The van der Waals surface area contributed by atoms with Gasteiger partial charge in [0.1, 0.15) is 5.69 Å². The fourth-order valence-corrected chi connectivity index (χ4v) is 2.69. The summed E-state index contributed by atoms with van der Waals surface area (Å²) in [6.45, 7) is 0. The summed E-state index contributed by atoms with van der Waals surface area (Å²) < 4.78 is 31.7. The molecule has 0 heterocycles. The molecule has 0 saturated carbocycles. The van der Waals surface area contributed by atoms with Crippen molar-refractivity contribution in [3.8, 4) is 34.5 Å². The normalized spacial score (nSPS) is 10.1. The van der Waals surface area contributed by atoms with Crippen molar-refractivity contribution in [3.63, 3.8) is 0 Å². The van der Waals surface area contributed by atoms with Gasteiger partial charge in [-0.3, -0.25) is 4.79 Å². The Labute approximate surface area is 163 Å². The van der Waals surface area contributed by atoms with Crippen LogP contribution in [0.3, 0.4) is 0 Å². The van der Waals surface area contributed by atoms with Crippen LogP contribution in [-0.2, 0) is 0 Å². The van der Waals surface area contributed by atoms with Crippen LogP contribution in [0.25, 0.3) is 0 Å². The number of nitrogen functional groups attached to an aromatic ring is 1. The maximum absolute atomic E-state index is 12.8. The summed E-state index contributed by atoms with van der Waals surface area (Å²) in [6, 6.07) is 4.61. The lowest BCUT2D eigenvalue weighted by Crippen LogP contribution is -2.14. The van der Waals surface area contributed by atoms with Crippen molar-refractivity contribution in [3.05, 3.63) is 23.8 Å². The van der Waals surface area contributed by atoms with E-state index in [-0.39, 0.29) is 17.0 Å². The SMILES string of the molecule is COc1cc(C(=O)Nc2cc(OC)c(OC)c(OC)c2N)cc(OC)c1OC. The molecule has 2 aromatic carbocycles. The number of nitrogens with two attached hydrogens (primary N) is 1. The summed E-state index contributed by atoms with van der Waals surface area (Å²) in [6.07, 6.45) is 0. The molecule has 2 rings (SSSR count). The van der Waals surface area contributed by atoms with Crippen LogP contribution in [0, 0.1) is 0 Å². The molecule has 2 aromatic rings. The quantitative estimate of drug-likeness (QED) is 0.660. The molecule has 0 spiro atoms. The number of hydrogen-bond acceptors (Lipinski definition) is 8. The number of carbonyl (C=O) groups is 1. The molecule has 9 heteroatoms. The van der Waals surface area contributed by atoms with E-state index in [4.69, 9.17) is 34.2 Å². The third kappa shape index (κ3) is 3.78. The molecule has 0 unspecified atom stereocenters. The largest absolute Gasteiger partial charge is 0.493 e. The maximum Gasteiger partial charge on any atom is 0.256 e. The van der Waals surface area contributed by atoms with Gasteiger partial charge in [0.05, 0.1) is 48.3 Å². The number of benzene rings is 2. The highest BCUT2D eigenvalue weighted by atomic mass is 16.5. The van der Waals surface area contributed by atoms with Gasteiger partial charge in [-0.2, -0.15) is 0 Å². The van der Waals surface area contributed by atoms with Crippen molar-refractivity contribution in [2.24, 2.45) is 0 Å². The number of amides is 1. The van der Waals surface area contributed by atoms with Crippen molar-refractivity contribution in [1.29, 1.82) is 0 Å². The summed E-state index contributed by atoms with van der Waals surface area (Å²) >= 11 is 0. The number of hydrogen-bond donors (Lipinski definition) is 2. The molecular formula is C19H24N2O7. The van der Waals surface area contributed by atoms with E-state index < -0.39 is 5.91 Å². The number of carbonyl (C=O) groups excluding carboxylic acids is 1. The molecule has 0 aliphatic carbocycles. The first kappa shape index (κ1) is 20.8. The Morgan fingerprint density at radius 3 is 1.61 bits per heavy atom. The summed E-state index contributed by atoms with van der Waals surface area (Å²) in [4.78, 5) is 12.8. The smallest absolute Gasteiger partial charge is 0.256 e. The lowest BCUT2D eigenvalue weighted by Gasteiger charge is -2.18. The van der Waals surface area contributed by atoms with Gasteiger partial charge in [0.2, 0.25) is 11.5 Å². The molecule has 0 aliphatic rings. The third-order valence-electron chi connectivity index (χ3n) is 4.04. The minimum absolute atomic E-state index is 0.195. The highest BCUT2D eigenvalue weighted by Gasteiger charge is 2.22. The van der Waals surface area contributed by atoms with Gasteiger partial charge in [-0.1, -0.05) is 0 Å². The molecule has 0 fully saturated rings. The van der Waals surface area contributed by atoms with Gasteiger partial charge in [-0.15, -0.1) is 0 Å². The molecule has 0 saturated heterocycles. The lowest BCUT2D eigenvalue weighted by atomic mass is 10.1. The molecule has 152 valence electrons. The Kier molecular flexibility index (Phi) is 6.64. The molecule has 9 nitrogen and oxygen atoms in total. The Morgan fingerprint density at radius 1 is 0.714 bits per heavy atom. The Bertz CT molecular complexity index is 843. The minimum Gasteiger partial charge on any atom is -0.493 e. The van der Waals surface area contributed by atoms with Crippen molar-refractivity contribution in [2.45, 2.75) is 0 Å². The average Bonchev–Trinajstić information content (AvgIpc) is 2.73. The highest BCUT2D eigenvalue weighted by Crippen LogP contribution is 2.46. The topological polar surface area (TPSA) is 111 Å². The molecular weight excluding hydrogens is 368 g/mol. The van der Waals surface area contributed by atoms with Crippen molar-refractivity contribution < 1.29 is 33.2 Å². The van der Waals surface area contributed by atoms with E-state index in [2.05, 4.69) is 5.32 Å². The number of nitrogens with one attached hydrogen (secondary N) is 1. The zero-order chi connectivity index (χ0) is 20.8. The van der Waals surface area contributed by atoms with Crippen molar-refractivity contribution >= 4 is 17.3 Å².